The predicted molar refractivity (Wildman–Crippen MR) is 116 cm³/mol. The lowest BCUT2D eigenvalue weighted by Crippen LogP contribution is -2.18. The maximum atomic E-state index is 12.6. The van der Waals surface area contributed by atoms with Gasteiger partial charge in [-0.3, -0.25) is 4.79 Å². The van der Waals surface area contributed by atoms with E-state index in [-0.39, 0.29) is 25.1 Å². The van der Waals surface area contributed by atoms with Crippen molar-refractivity contribution in [3.63, 3.8) is 0 Å². The molecule has 4 aromatic rings. The topological polar surface area (TPSA) is 118 Å². The number of esters is 1. The predicted octanol–water partition coefficient (Wildman–Crippen LogP) is 3.36. The molecule has 0 bridgehead atoms. The highest BCUT2D eigenvalue weighted by Crippen LogP contribution is 2.35. The first-order valence-corrected chi connectivity index (χ1v) is 9.98. The number of aromatic nitrogens is 3. The number of hydrogen-bond acceptors (Lipinski definition) is 8. The molecule has 0 radical (unpaired) electrons. The molecule has 2 aromatic carbocycles. The second kappa shape index (κ2) is 8.50. The van der Waals surface area contributed by atoms with Crippen LogP contribution >= 0.6 is 0 Å². The van der Waals surface area contributed by atoms with Gasteiger partial charge in [0.2, 0.25) is 18.5 Å². The van der Waals surface area contributed by atoms with Crippen LogP contribution in [0.25, 0.3) is 23.0 Å². The zero-order chi connectivity index (χ0) is 22.8. The van der Waals surface area contributed by atoms with Gasteiger partial charge in [-0.2, -0.15) is 4.98 Å². The molecule has 3 heterocycles. The Morgan fingerprint density at radius 2 is 1.91 bits per heavy atom. The molecule has 0 atom stereocenters. The largest absolute Gasteiger partial charge is 0.465 e. The van der Waals surface area contributed by atoms with Gasteiger partial charge in [0.1, 0.15) is 12.2 Å². The smallest absolute Gasteiger partial charge is 0.337 e. The van der Waals surface area contributed by atoms with Crippen molar-refractivity contribution in [2.45, 2.75) is 6.54 Å². The van der Waals surface area contributed by atoms with Gasteiger partial charge in [-0.05, 0) is 54.6 Å². The second-order valence-corrected chi connectivity index (χ2v) is 7.13. The minimum Gasteiger partial charge on any atom is -0.465 e. The number of nitrogens with one attached hydrogen (secondary N) is 1. The summed E-state index contributed by atoms with van der Waals surface area (Å²) in [6.07, 6.45) is 1.75. The van der Waals surface area contributed by atoms with Crippen LogP contribution in [0, 0.1) is 0 Å². The van der Waals surface area contributed by atoms with Crippen LogP contribution in [0.2, 0.25) is 0 Å². The summed E-state index contributed by atoms with van der Waals surface area (Å²) in [5.41, 5.74) is 2.29. The lowest BCUT2D eigenvalue weighted by molar-refractivity contribution is -0.116. The van der Waals surface area contributed by atoms with E-state index in [1.807, 2.05) is 6.07 Å². The van der Waals surface area contributed by atoms with Crippen molar-refractivity contribution in [3.05, 3.63) is 66.4 Å². The van der Waals surface area contributed by atoms with E-state index in [0.717, 1.165) is 5.56 Å². The van der Waals surface area contributed by atoms with E-state index in [9.17, 15) is 9.59 Å². The Morgan fingerprint density at radius 3 is 2.73 bits per heavy atom. The van der Waals surface area contributed by atoms with E-state index in [1.165, 1.54) is 7.11 Å². The molecule has 1 aliphatic rings. The number of nitrogens with zero attached hydrogens (tertiary/aromatic N) is 3. The van der Waals surface area contributed by atoms with Gasteiger partial charge in [-0.25, -0.2) is 4.79 Å². The second-order valence-electron chi connectivity index (χ2n) is 7.13. The van der Waals surface area contributed by atoms with E-state index in [2.05, 4.69) is 20.2 Å². The number of fused-ring (bicyclic) bond motifs is 1. The Kier molecular flexibility index (Phi) is 5.23. The van der Waals surface area contributed by atoms with Crippen LogP contribution in [0.5, 0.6) is 11.5 Å². The first-order chi connectivity index (χ1) is 16.1. The third-order valence-corrected chi connectivity index (χ3v) is 5.01. The average Bonchev–Trinajstić information content (AvgIpc) is 3.58. The van der Waals surface area contributed by atoms with E-state index in [4.69, 9.17) is 14.0 Å². The molecule has 0 saturated carbocycles. The van der Waals surface area contributed by atoms with E-state index >= 15 is 0 Å². The van der Waals surface area contributed by atoms with Crippen LogP contribution < -0.4 is 14.8 Å². The summed E-state index contributed by atoms with van der Waals surface area (Å²) in [6, 6.07) is 15.4. The first kappa shape index (κ1) is 20.3. The van der Waals surface area contributed by atoms with Crippen LogP contribution in [0.1, 0.15) is 10.4 Å². The van der Waals surface area contributed by atoms with Gasteiger partial charge >= 0.3 is 5.97 Å². The van der Waals surface area contributed by atoms with Crippen molar-refractivity contribution in [2.24, 2.45) is 0 Å². The number of rotatable bonds is 6. The third-order valence-electron chi connectivity index (χ3n) is 5.01. The molecule has 0 fully saturated rings. The standard InChI is InChI=1S/C23H18N4O6/c1-30-23(29)14-4-7-16(8-5-14)24-20(28)12-27-10-2-3-17(27)22-25-21(26-33-22)15-6-9-18-19(11-15)32-13-31-18/h2-11H,12-13H2,1H3,(H,24,28). The Hall–Kier alpha value is -4.60. The van der Waals surface area contributed by atoms with Gasteiger partial charge < -0.3 is 28.6 Å². The maximum Gasteiger partial charge on any atom is 0.337 e. The van der Waals surface area contributed by atoms with Crippen LogP contribution in [0.15, 0.2) is 65.3 Å². The molecular weight excluding hydrogens is 428 g/mol. The zero-order valence-electron chi connectivity index (χ0n) is 17.5. The molecule has 10 heteroatoms. The number of hydrogen-bond donors (Lipinski definition) is 1. The molecule has 1 aliphatic heterocycles. The van der Waals surface area contributed by atoms with Crippen molar-refractivity contribution in [1.29, 1.82) is 0 Å². The summed E-state index contributed by atoms with van der Waals surface area (Å²) in [7, 11) is 1.31. The van der Waals surface area contributed by atoms with Crippen LogP contribution in [0.3, 0.4) is 0 Å². The normalized spacial score (nSPS) is 11.9. The number of methoxy groups -OCH3 is 1. The Balaban J connectivity index is 1.29. The molecule has 2 aromatic heterocycles. The highest BCUT2D eigenvalue weighted by Gasteiger charge is 2.19. The average molecular weight is 446 g/mol. The highest BCUT2D eigenvalue weighted by atomic mass is 16.7. The van der Waals surface area contributed by atoms with Crippen LogP contribution in [-0.4, -0.2) is 40.5 Å². The summed E-state index contributed by atoms with van der Waals surface area (Å²) >= 11 is 0. The molecule has 0 unspecified atom stereocenters. The molecule has 10 nitrogen and oxygen atoms in total. The van der Waals surface area contributed by atoms with E-state index < -0.39 is 5.97 Å². The number of amides is 1. The molecule has 0 aliphatic carbocycles. The fourth-order valence-corrected chi connectivity index (χ4v) is 3.39. The van der Waals surface area contributed by atoms with Gasteiger partial charge in [0.25, 0.3) is 5.89 Å². The summed E-state index contributed by atoms with van der Waals surface area (Å²) in [4.78, 5) is 28.5. The van der Waals surface area contributed by atoms with E-state index in [1.54, 1.807) is 59.3 Å². The van der Waals surface area contributed by atoms with Gasteiger partial charge in [0.15, 0.2) is 11.5 Å². The fraction of sp³-hybridized carbons (Fsp3) is 0.130. The first-order valence-electron chi connectivity index (χ1n) is 9.98. The van der Waals surface area contributed by atoms with Crippen molar-refractivity contribution in [3.8, 4) is 34.5 Å². The summed E-state index contributed by atoms with van der Waals surface area (Å²) < 4.78 is 22.5. The van der Waals surface area contributed by atoms with Crippen molar-refractivity contribution in [1.82, 2.24) is 14.7 Å². The molecule has 5 rings (SSSR count). The number of ether oxygens (including phenoxy) is 3. The number of anilines is 1. The molecule has 1 amide bonds. The number of benzene rings is 2. The Bertz CT molecular complexity index is 1320. The van der Waals surface area contributed by atoms with Crippen molar-refractivity contribution >= 4 is 17.6 Å². The Morgan fingerprint density at radius 1 is 1.09 bits per heavy atom. The molecule has 166 valence electrons. The number of carbonyl (C=O) groups is 2. The minimum absolute atomic E-state index is 0.0306. The third kappa shape index (κ3) is 4.13. The Labute approximate surface area is 187 Å². The quantitative estimate of drug-likeness (QED) is 0.448. The van der Waals surface area contributed by atoms with Gasteiger partial charge in [0, 0.05) is 17.4 Å². The monoisotopic (exact) mass is 446 g/mol. The number of carbonyl (C=O) groups excluding carboxylic acids is 2. The SMILES string of the molecule is COC(=O)c1ccc(NC(=O)Cn2cccc2-c2nc(-c3ccc4c(c3)OCO4)no2)cc1. The van der Waals surface area contributed by atoms with Crippen molar-refractivity contribution < 1.29 is 28.3 Å². The van der Waals surface area contributed by atoms with E-state index in [0.29, 0.717) is 34.3 Å². The van der Waals surface area contributed by atoms with Gasteiger partial charge in [-0.15, -0.1) is 0 Å². The molecule has 33 heavy (non-hydrogen) atoms. The van der Waals surface area contributed by atoms with Gasteiger partial charge in [-0.1, -0.05) is 5.16 Å². The zero-order valence-corrected chi connectivity index (χ0v) is 17.5. The molecule has 0 saturated heterocycles. The van der Waals surface area contributed by atoms with Crippen LogP contribution in [0.4, 0.5) is 5.69 Å². The molecule has 1 N–H and O–H groups in total. The fourth-order valence-electron chi connectivity index (χ4n) is 3.39. The van der Waals surface area contributed by atoms with Crippen LogP contribution in [-0.2, 0) is 16.1 Å². The molecular formula is C23H18N4O6. The maximum absolute atomic E-state index is 12.6. The lowest BCUT2D eigenvalue weighted by Gasteiger charge is -2.08. The molecule has 0 spiro atoms. The lowest BCUT2D eigenvalue weighted by atomic mass is 10.2. The van der Waals surface area contributed by atoms with Gasteiger partial charge in [0.05, 0.1) is 12.7 Å². The summed E-state index contributed by atoms with van der Waals surface area (Å²) in [6.45, 7) is 0.212. The minimum atomic E-state index is -0.440. The summed E-state index contributed by atoms with van der Waals surface area (Å²) in [5, 5.41) is 6.84. The van der Waals surface area contributed by atoms with Crippen molar-refractivity contribution in [2.75, 3.05) is 19.2 Å². The highest BCUT2D eigenvalue weighted by molar-refractivity contribution is 5.93. The summed E-state index contributed by atoms with van der Waals surface area (Å²) in [5.74, 6) is 1.27.